The highest BCUT2D eigenvalue weighted by atomic mass is 32.2. The van der Waals surface area contributed by atoms with Crippen molar-refractivity contribution in [3.05, 3.63) is 0 Å². The summed E-state index contributed by atoms with van der Waals surface area (Å²) < 4.78 is 60.4. The Morgan fingerprint density at radius 1 is 1.33 bits per heavy atom. The highest BCUT2D eigenvalue weighted by molar-refractivity contribution is 7.91. The molecule has 8 heteroatoms. The van der Waals surface area contributed by atoms with E-state index >= 15 is 0 Å². The summed E-state index contributed by atoms with van der Waals surface area (Å²) in [6, 6.07) is 0. The van der Waals surface area contributed by atoms with Crippen LogP contribution in [0.1, 0.15) is 32.1 Å². The summed E-state index contributed by atoms with van der Waals surface area (Å²) in [6.07, 6.45) is -3.96. The van der Waals surface area contributed by atoms with Gasteiger partial charge < -0.3 is 5.11 Å². The van der Waals surface area contributed by atoms with E-state index in [1.165, 1.54) is 0 Å². The largest absolute Gasteiger partial charge is 0.391 e. The van der Waals surface area contributed by atoms with E-state index in [0.29, 0.717) is 19.3 Å². The molecule has 1 rings (SSSR count). The molecule has 1 fully saturated rings. The molecule has 0 spiro atoms. The first-order chi connectivity index (χ1) is 8.11. The van der Waals surface area contributed by atoms with Gasteiger partial charge in [-0.3, -0.25) is 4.90 Å². The molecular formula is C10H18F3NO3S. The van der Waals surface area contributed by atoms with Crippen molar-refractivity contribution in [2.75, 3.05) is 12.8 Å². The van der Waals surface area contributed by atoms with Gasteiger partial charge in [0.15, 0.2) is 9.84 Å². The van der Waals surface area contributed by atoms with E-state index < -0.39 is 34.0 Å². The van der Waals surface area contributed by atoms with Crippen LogP contribution in [0.2, 0.25) is 0 Å². The number of sulfone groups is 1. The van der Waals surface area contributed by atoms with Gasteiger partial charge in [-0.05, 0) is 19.3 Å². The van der Waals surface area contributed by atoms with Gasteiger partial charge in [-0.15, -0.1) is 0 Å². The van der Waals surface area contributed by atoms with Crippen LogP contribution in [0.4, 0.5) is 13.2 Å². The van der Waals surface area contributed by atoms with Crippen molar-refractivity contribution in [1.82, 2.24) is 4.90 Å². The molecule has 1 aliphatic rings. The molecule has 1 N–H and O–H groups in total. The molecule has 1 heterocycles. The van der Waals surface area contributed by atoms with Crippen LogP contribution < -0.4 is 0 Å². The summed E-state index contributed by atoms with van der Waals surface area (Å²) in [6.45, 7) is 0.176. The Morgan fingerprint density at radius 3 is 2.44 bits per heavy atom. The minimum Gasteiger partial charge on any atom is -0.378 e. The molecule has 0 aromatic carbocycles. The molecular weight excluding hydrogens is 271 g/mol. The summed E-state index contributed by atoms with van der Waals surface area (Å²) in [5.74, 6) is 0. The Labute approximate surface area is 105 Å². The van der Waals surface area contributed by atoms with Crippen LogP contribution >= 0.6 is 0 Å². The minimum absolute atomic E-state index is 0.176. The van der Waals surface area contributed by atoms with Crippen molar-refractivity contribution in [2.24, 2.45) is 0 Å². The number of rotatable bonds is 3. The van der Waals surface area contributed by atoms with Gasteiger partial charge in [-0.1, -0.05) is 6.42 Å². The molecule has 1 saturated heterocycles. The van der Waals surface area contributed by atoms with Gasteiger partial charge >= 0.3 is 6.18 Å². The summed E-state index contributed by atoms with van der Waals surface area (Å²) in [4.78, 5) is 1.07. The minimum atomic E-state index is -4.57. The fourth-order valence-electron chi connectivity index (χ4n) is 2.16. The standard InChI is InChI=1S/C10H18F3NO3S/c1-18(16,17)9(7-10(11,12)13)14-6-4-2-3-5-8(14)15/h8-9,15H,2-7H2,1H3. The van der Waals surface area contributed by atoms with Gasteiger partial charge in [0, 0.05) is 12.8 Å². The molecule has 2 atom stereocenters. The summed E-state index contributed by atoms with van der Waals surface area (Å²) in [5, 5.41) is 8.08. The second-order valence-electron chi connectivity index (χ2n) is 4.67. The first-order valence-electron chi connectivity index (χ1n) is 5.81. The summed E-state index contributed by atoms with van der Waals surface area (Å²) in [5.41, 5.74) is 0. The van der Waals surface area contributed by atoms with Crippen LogP contribution in [-0.2, 0) is 9.84 Å². The van der Waals surface area contributed by atoms with Gasteiger partial charge in [0.25, 0.3) is 0 Å². The van der Waals surface area contributed by atoms with Crippen molar-refractivity contribution in [1.29, 1.82) is 0 Å². The molecule has 2 unspecified atom stereocenters. The van der Waals surface area contributed by atoms with Crippen LogP contribution in [0.5, 0.6) is 0 Å². The van der Waals surface area contributed by atoms with Gasteiger partial charge in [-0.25, -0.2) is 8.42 Å². The van der Waals surface area contributed by atoms with Gasteiger partial charge in [0.1, 0.15) is 11.6 Å². The smallest absolute Gasteiger partial charge is 0.378 e. The lowest BCUT2D eigenvalue weighted by Crippen LogP contribution is -2.48. The Kier molecular flexibility index (Phi) is 5.02. The topological polar surface area (TPSA) is 57.6 Å². The van der Waals surface area contributed by atoms with E-state index in [-0.39, 0.29) is 6.54 Å². The lowest BCUT2D eigenvalue weighted by atomic mass is 10.2. The molecule has 18 heavy (non-hydrogen) atoms. The van der Waals surface area contributed by atoms with E-state index in [0.717, 1.165) is 17.6 Å². The molecule has 0 saturated carbocycles. The molecule has 1 aliphatic heterocycles. The normalized spacial score (nSPS) is 25.7. The fraction of sp³-hybridized carbons (Fsp3) is 1.00. The van der Waals surface area contributed by atoms with Crippen LogP contribution in [-0.4, -0.2) is 49.0 Å². The van der Waals surface area contributed by atoms with E-state index in [2.05, 4.69) is 0 Å². The van der Waals surface area contributed by atoms with E-state index in [1.807, 2.05) is 0 Å². The maximum atomic E-state index is 12.4. The van der Waals surface area contributed by atoms with Crippen molar-refractivity contribution < 1.29 is 26.7 Å². The number of nitrogens with zero attached hydrogens (tertiary/aromatic N) is 1. The highest BCUT2D eigenvalue weighted by Gasteiger charge is 2.41. The zero-order chi connectivity index (χ0) is 14.0. The second-order valence-corrected chi connectivity index (χ2v) is 6.87. The number of hydrogen-bond donors (Lipinski definition) is 1. The van der Waals surface area contributed by atoms with Gasteiger partial charge in [0.2, 0.25) is 0 Å². The van der Waals surface area contributed by atoms with E-state index in [4.69, 9.17) is 0 Å². The monoisotopic (exact) mass is 289 g/mol. The second kappa shape index (κ2) is 5.75. The van der Waals surface area contributed by atoms with Crippen molar-refractivity contribution in [2.45, 2.75) is 49.9 Å². The van der Waals surface area contributed by atoms with E-state index in [9.17, 15) is 26.7 Å². The Hall–Kier alpha value is -0.340. The maximum absolute atomic E-state index is 12.4. The number of aliphatic hydroxyl groups is 1. The van der Waals surface area contributed by atoms with Crippen molar-refractivity contribution >= 4 is 9.84 Å². The van der Waals surface area contributed by atoms with E-state index in [1.54, 1.807) is 0 Å². The zero-order valence-corrected chi connectivity index (χ0v) is 11.0. The molecule has 0 radical (unpaired) electrons. The number of aliphatic hydroxyl groups excluding tert-OH is 1. The third kappa shape index (κ3) is 4.74. The van der Waals surface area contributed by atoms with Crippen LogP contribution in [0, 0.1) is 0 Å². The lowest BCUT2D eigenvalue weighted by Gasteiger charge is -2.33. The number of likely N-dealkylation sites (tertiary alicyclic amines) is 1. The molecule has 0 aromatic rings. The third-order valence-corrected chi connectivity index (χ3v) is 4.46. The average molecular weight is 289 g/mol. The molecule has 0 bridgehead atoms. The van der Waals surface area contributed by atoms with Gasteiger partial charge in [-0.2, -0.15) is 13.2 Å². The number of hydrogen-bond acceptors (Lipinski definition) is 4. The summed E-state index contributed by atoms with van der Waals surface area (Å²) >= 11 is 0. The van der Waals surface area contributed by atoms with Crippen LogP contribution in [0.15, 0.2) is 0 Å². The average Bonchev–Trinajstić information content (AvgIpc) is 2.36. The predicted molar refractivity (Wildman–Crippen MR) is 60.5 cm³/mol. The first-order valence-corrected chi connectivity index (χ1v) is 7.76. The van der Waals surface area contributed by atoms with Crippen molar-refractivity contribution in [3.63, 3.8) is 0 Å². The van der Waals surface area contributed by atoms with Crippen molar-refractivity contribution in [3.8, 4) is 0 Å². The molecule has 108 valence electrons. The fourth-order valence-corrected chi connectivity index (χ4v) is 3.39. The Bertz CT molecular complexity index is 369. The molecule has 4 nitrogen and oxygen atoms in total. The lowest BCUT2D eigenvalue weighted by molar-refractivity contribution is -0.148. The predicted octanol–water partition coefficient (Wildman–Crippen LogP) is 1.50. The number of halogens is 3. The molecule has 0 aliphatic carbocycles. The van der Waals surface area contributed by atoms with Crippen LogP contribution in [0.3, 0.4) is 0 Å². The quantitative estimate of drug-likeness (QED) is 0.855. The third-order valence-electron chi connectivity index (χ3n) is 3.03. The zero-order valence-electron chi connectivity index (χ0n) is 10.2. The highest BCUT2D eigenvalue weighted by Crippen LogP contribution is 2.29. The maximum Gasteiger partial charge on any atom is 0.391 e. The van der Waals surface area contributed by atoms with Crippen LogP contribution in [0.25, 0.3) is 0 Å². The molecule has 0 amide bonds. The SMILES string of the molecule is CS(=O)(=O)C(CC(F)(F)F)N1CCCCCC1O. The van der Waals surface area contributed by atoms with Gasteiger partial charge in [0.05, 0.1) is 6.42 Å². The Morgan fingerprint density at radius 2 is 1.94 bits per heavy atom. The Balaban J connectivity index is 2.94. The summed E-state index contributed by atoms with van der Waals surface area (Å²) in [7, 11) is -3.90. The first kappa shape index (κ1) is 15.7. The number of alkyl halides is 3. The molecule has 0 aromatic heterocycles.